The van der Waals surface area contributed by atoms with Crippen molar-refractivity contribution in [2.75, 3.05) is 31.1 Å². The van der Waals surface area contributed by atoms with Gasteiger partial charge < -0.3 is 19.6 Å². The number of hydrogen-bond acceptors (Lipinski definition) is 6. The number of ether oxygens (including phenoxy) is 1. The molecule has 1 saturated heterocycles. The van der Waals surface area contributed by atoms with Crippen LogP contribution in [0.25, 0.3) is 0 Å². The van der Waals surface area contributed by atoms with E-state index in [0.29, 0.717) is 32.0 Å². The molecule has 3 rings (SSSR count). The molecule has 25 heavy (non-hydrogen) atoms. The number of aromatic carboxylic acids is 1. The molecule has 0 bridgehead atoms. The molecule has 130 valence electrons. The van der Waals surface area contributed by atoms with Crippen molar-refractivity contribution >= 4 is 17.9 Å². The second-order valence-electron chi connectivity index (χ2n) is 5.58. The Kier molecular flexibility index (Phi) is 5.08. The number of rotatable bonds is 4. The van der Waals surface area contributed by atoms with E-state index in [0.717, 1.165) is 5.56 Å². The number of carbonyl (C=O) groups is 2. The van der Waals surface area contributed by atoms with E-state index in [4.69, 9.17) is 9.84 Å². The first-order chi connectivity index (χ1) is 12.1. The Balaban J connectivity index is 1.49. The molecule has 2 aromatic rings. The van der Waals surface area contributed by atoms with E-state index < -0.39 is 5.97 Å². The van der Waals surface area contributed by atoms with Crippen molar-refractivity contribution in [3.05, 3.63) is 54.0 Å². The molecule has 0 atom stereocenters. The lowest BCUT2D eigenvalue weighted by Gasteiger charge is -2.34. The van der Waals surface area contributed by atoms with Crippen LogP contribution in [-0.4, -0.2) is 58.2 Å². The summed E-state index contributed by atoms with van der Waals surface area (Å²) in [5, 5.41) is 8.84. The summed E-state index contributed by atoms with van der Waals surface area (Å²) in [4.78, 5) is 34.5. The van der Waals surface area contributed by atoms with E-state index in [1.165, 1.54) is 12.4 Å². The number of aromatic nitrogens is 2. The average molecular weight is 342 g/mol. The van der Waals surface area contributed by atoms with Gasteiger partial charge in [0.05, 0.1) is 12.4 Å². The number of anilines is 1. The molecule has 0 saturated carbocycles. The summed E-state index contributed by atoms with van der Waals surface area (Å²) in [5.74, 6) is -0.507. The molecule has 8 heteroatoms. The zero-order valence-electron chi connectivity index (χ0n) is 13.5. The highest BCUT2D eigenvalue weighted by Gasteiger charge is 2.23. The van der Waals surface area contributed by atoms with Crippen LogP contribution in [0.5, 0.6) is 0 Å². The quantitative estimate of drug-likeness (QED) is 0.902. The molecule has 1 aromatic heterocycles. The fraction of sp³-hybridized carbons (Fsp3) is 0.294. The van der Waals surface area contributed by atoms with Crippen LogP contribution in [0.3, 0.4) is 0 Å². The van der Waals surface area contributed by atoms with E-state index in [1.54, 1.807) is 4.90 Å². The van der Waals surface area contributed by atoms with Gasteiger partial charge in [-0.3, -0.25) is 0 Å². The normalized spacial score (nSPS) is 14.2. The number of amides is 1. The van der Waals surface area contributed by atoms with Crippen molar-refractivity contribution in [3.63, 3.8) is 0 Å². The van der Waals surface area contributed by atoms with Crippen LogP contribution in [0.4, 0.5) is 10.6 Å². The number of carboxylic acids is 1. The minimum atomic E-state index is -1.11. The molecule has 0 spiro atoms. The third kappa shape index (κ3) is 4.23. The highest BCUT2D eigenvalue weighted by atomic mass is 16.6. The van der Waals surface area contributed by atoms with Crippen molar-refractivity contribution < 1.29 is 19.4 Å². The Morgan fingerprint density at radius 1 is 1.04 bits per heavy atom. The van der Waals surface area contributed by atoms with Gasteiger partial charge in [-0.25, -0.2) is 19.6 Å². The van der Waals surface area contributed by atoms with E-state index in [1.807, 2.05) is 35.2 Å². The van der Waals surface area contributed by atoms with E-state index >= 15 is 0 Å². The van der Waals surface area contributed by atoms with Gasteiger partial charge in [0.25, 0.3) is 0 Å². The van der Waals surface area contributed by atoms with Gasteiger partial charge in [-0.2, -0.15) is 0 Å². The lowest BCUT2D eigenvalue weighted by molar-refractivity contribution is 0.0689. The third-order valence-corrected chi connectivity index (χ3v) is 3.92. The number of carboxylic acid groups (broad SMARTS) is 1. The predicted octanol–water partition coefficient (Wildman–Crippen LogP) is 1.63. The standard InChI is InChI=1S/C17H18N4O4/c22-16(23)14-10-19-15(11-18-14)20-6-8-21(9-7-20)17(24)25-12-13-4-2-1-3-5-13/h1-5,10-11H,6-9,12H2,(H,22,23). The topological polar surface area (TPSA) is 95.9 Å². The second kappa shape index (κ2) is 7.61. The van der Waals surface area contributed by atoms with Gasteiger partial charge in [-0.05, 0) is 5.56 Å². The van der Waals surface area contributed by atoms with Crippen LogP contribution < -0.4 is 4.90 Å². The summed E-state index contributed by atoms with van der Waals surface area (Å²) in [7, 11) is 0. The van der Waals surface area contributed by atoms with Crippen LogP contribution in [0, 0.1) is 0 Å². The molecule has 0 aliphatic carbocycles. The minimum absolute atomic E-state index is 0.0909. The van der Waals surface area contributed by atoms with Crippen LogP contribution in [0.2, 0.25) is 0 Å². The first-order valence-electron chi connectivity index (χ1n) is 7.89. The van der Waals surface area contributed by atoms with Gasteiger partial charge in [0.15, 0.2) is 5.69 Å². The van der Waals surface area contributed by atoms with Gasteiger partial charge in [-0.15, -0.1) is 0 Å². The zero-order chi connectivity index (χ0) is 17.6. The molecule has 1 aliphatic heterocycles. The molecule has 0 unspecified atom stereocenters. The van der Waals surface area contributed by atoms with Gasteiger partial charge in [-0.1, -0.05) is 30.3 Å². The van der Waals surface area contributed by atoms with Gasteiger partial charge in [0, 0.05) is 26.2 Å². The largest absolute Gasteiger partial charge is 0.476 e. The van der Waals surface area contributed by atoms with Crippen molar-refractivity contribution in [1.29, 1.82) is 0 Å². The molecule has 8 nitrogen and oxygen atoms in total. The summed E-state index contributed by atoms with van der Waals surface area (Å²) >= 11 is 0. The molecule has 1 aromatic carbocycles. The first kappa shape index (κ1) is 16.7. The number of nitrogens with zero attached hydrogens (tertiary/aromatic N) is 4. The maximum atomic E-state index is 12.1. The molecular formula is C17H18N4O4. The molecule has 1 amide bonds. The summed E-state index contributed by atoms with van der Waals surface area (Å²) in [6.45, 7) is 2.44. The maximum Gasteiger partial charge on any atom is 0.410 e. The fourth-order valence-electron chi connectivity index (χ4n) is 2.52. The Morgan fingerprint density at radius 2 is 1.76 bits per heavy atom. The predicted molar refractivity (Wildman–Crippen MR) is 89.4 cm³/mol. The smallest absolute Gasteiger partial charge is 0.410 e. The molecule has 1 N–H and O–H groups in total. The summed E-state index contributed by atoms with van der Waals surface area (Å²) < 4.78 is 5.33. The average Bonchev–Trinajstić information content (AvgIpc) is 2.67. The Morgan fingerprint density at radius 3 is 2.36 bits per heavy atom. The number of hydrogen-bond donors (Lipinski definition) is 1. The van der Waals surface area contributed by atoms with Gasteiger partial charge in [0.2, 0.25) is 0 Å². The Hall–Kier alpha value is -3.16. The third-order valence-electron chi connectivity index (χ3n) is 3.92. The lowest BCUT2D eigenvalue weighted by Crippen LogP contribution is -2.49. The van der Waals surface area contributed by atoms with Crippen molar-refractivity contribution in [2.24, 2.45) is 0 Å². The second-order valence-corrected chi connectivity index (χ2v) is 5.58. The van der Waals surface area contributed by atoms with E-state index in [-0.39, 0.29) is 18.4 Å². The fourth-order valence-corrected chi connectivity index (χ4v) is 2.52. The van der Waals surface area contributed by atoms with Crippen LogP contribution in [0.15, 0.2) is 42.7 Å². The lowest BCUT2D eigenvalue weighted by atomic mass is 10.2. The van der Waals surface area contributed by atoms with Crippen molar-refractivity contribution in [3.8, 4) is 0 Å². The van der Waals surface area contributed by atoms with Gasteiger partial charge in [0.1, 0.15) is 12.4 Å². The van der Waals surface area contributed by atoms with Crippen molar-refractivity contribution in [2.45, 2.75) is 6.61 Å². The number of carbonyl (C=O) groups excluding carboxylic acids is 1. The highest BCUT2D eigenvalue weighted by molar-refractivity contribution is 5.84. The molecule has 1 aliphatic rings. The summed E-state index contributed by atoms with van der Waals surface area (Å²) in [6.07, 6.45) is 2.33. The molecule has 2 heterocycles. The highest BCUT2D eigenvalue weighted by Crippen LogP contribution is 2.13. The minimum Gasteiger partial charge on any atom is -0.476 e. The number of benzene rings is 1. The maximum absolute atomic E-state index is 12.1. The van der Waals surface area contributed by atoms with Gasteiger partial charge >= 0.3 is 12.1 Å². The van der Waals surface area contributed by atoms with Crippen molar-refractivity contribution in [1.82, 2.24) is 14.9 Å². The van der Waals surface area contributed by atoms with E-state index in [9.17, 15) is 9.59 Å². The molecular weight excluding hydrogens is 324 g/mol. The first-order valence-corrected chi connectivity index (χ1v) is 7.89. The van der Waals surface area contributed by atoms with E-state index in [2.05, 4.69) is 9.97 Å². The molecule has 1 fully saturated rings. The Bertz CT molecular complexity index is 728. The zero-order valence-corrected chi connectivity index (χ0v) is 13.5. The Labute approximate surface area is 144 Å². The summed E-state index contributed by atoms with van der Waals surface area (Å²) in [6, 6.07) is 9.53. The van der Waals surface area contributed by atoms with Crippen LogP contribution in [-0.2, 0) is 11.3 Å². The SMILES string of the molecule is O=C(O)c1cnc(N2CCN(C(=O)OCc3ccccc3)CC2)cn1. The summed E-state index contributed by atoms with van der Waals surface area (Å²) in [5.41, 5.74) is 0.857. The van der Waals surface area contributed by atoms with Crippen LogP contribution >= 0.6 is 0 Å². The number of piperazine rings is 1. The van der Waals surface area contributed by atoms with Crippen LogP contribution in [0.1, 0.15) is 16.1 Å². The molecule has 0 radical (unpaired) electrons. The monoisotopic (exact) mass is 342 g/mol.